The molecule has 1 rings (SSSR count). The fourth-order valence-electron chi connectivity index (χ4n) is 1.55. The molecule has 19 heavy (non-hydrogen) atoms. The van der Waals surface area contributed by atoms with Crippen LogP contribution in [-0.2, 0) is 11.3 Å². The quantitative estimate of drug-likeness (QED) is 0.694. The highest BCUT2D eigenvalue weighted by Gasteiger charge is 2.14. The van der Waals surface area contributed by atoms with E-state index in [1.165, 1.54) is 5.56 Å². The molecule has 3 heteroatoms. The predicted molar refractivity (Wildman–Crippen MR) is 79.6 cm³/mol. The molecule has 0 atom stereocenters. The van der Waals surface area contributed by atoms with Gasteiger partial charge in [0.15, 0.2) is 0 Å². The van der Waals surface area contributed by atoms with Crippen molar-refractivity contribution in [2.75, 3.05) is 19.8 Å². The van der Waals surface area contributed by atoms with Gasteiger partial charge in [0.05, 0.1) is 12.2 Å². The third kappa shape index (κ3) is 6.60. The van der Waals surface area contributed by atoms with E-state index < -0.39 is 0 Å². The van der Waals surface area contributed by atoms with Gasteiger partial charge in [-0.15, -0.1) is 0 Å². The van der Waals surface area contributed by atoms with Crippen LogP contribution >= 0.6 is 0 Å². The lowest BCUT2D eigenvalue weighted by Gasteiger charge is -2.23. The first-order chi connectivity index (χ1) is 9.07. The van der Waals surface area contributed by atoms with Gasteiger partial charge in [0.25, 0.3) is 0 Å². The van der Waals surface area contributed by atoms with Crippen molar-refractivity contribution in [1.82, 2.24) is 5.32 Å². The van der Waals surface area contributed by atoms with E-state index in [-0.39, 0.29) is 5.60 Å². The van der Waals surface area contributed by atoms with Crippen molar-refractivity contribution < 1.29 is 9.47 Å². The predicted octanol–water partition coefficient (Wildman–Crippen LogP) is 3.38. The summed E-state index contributed by atoms with van der Waals surface area (Å²) in [5, 5.41) is 3.30. The van der Waals surface area contributed by atoms with Crippen molar-refractivity contribution in [1.29, 1.82) is 0 Å². The zero-order valence-electron chi connectivity index (χ0n) is 12.7. The van der Waals surface area contributed by atoms with E-state index in [9.17, 15) is 0 Å². The molecule has 0 aliphatic carbocycles. The fraction of sp³-hybridized carbons (Fsp3) is 0.625. The lowest BCUT2D eigenvalue weighted by molar-refractivity contribution is -0.0317. The Hall–Kier alpha value is -1.06. The molecule has 1 aromatic rings. The van der Waals surface area contributed by atoms with E-state index in [4.69, 9.17) is 9.47 Å². The van der Waals surface area contributed by atoms with Gasteiger partial charge in [-0.2, -0.15) is 0 Å². The zero-order valence-corrected chi connectivity index (χ0v) is 12.7. The second kappa shape index (κ2) is 8.18. The van der Waals surface area contributed by atoms with Gasteiger partial charge in [-0.3, -0.25) is 0 Å². The molecule has 3 nitrogen and oxygen atoms in total. The van der Waals surface area contributed by atoms with Crippen molar-refractivity contribution in [2.45, 2.75) is 46.3 Å². The van der Waals surface area contributed by atoms with Crippen LogP contribution in [-0.4, -0.2) is 25.4 Å². The topological polar surface area (TPSA) is 30.5 Å². The first-order valence-corrected chi connectivity index (χ1v) is 7.14. The molecular weight excluding hydrogens is 238 g/mol. The van der Waals surface area contributed by atoms with Crippen molar-refractivity contribution in [2.24, 2.45) is 0 Å². The molecule has 0 aromatic heterocycles. The molecule has 0 amide bonds. The van der Waals surface area contributed by atoms with Crippen LogP contribution in [0.1, 0.15) is 39.7 Å². The zero-order chi connectivity index (χ0) is 14.1. The Morgan fingerprint density at radius 1 is 1.05 bits per heavy atom. The van der Waals surface area contributed by atoms with Crippen LogP contribution in [0.15, 0.2) is 24.3 Å². The third-order valence-corrected chi connectivity index (χ3v) is 3.20. The second-order valence-electron chi connectivity index (χ2n) is 5.23. The summed E-state index contributed by atoms with van der Waals surface area (Å²) in [6.45, 7) is 11.5. The van der Waals surface area contributed by atoms with Crippen LogP contribution in [0.3, 0.4) is 0 Å². The van der Waals surface area contributed by atoms with Crippen LogP contribution in [0.25, 0.3) is 0 Å². The molecule has 1 aromatic carbocycles. The first kappa shape index (κ1) is 16.0. The van der Waals surface area contributed by atoms with Crippen LogP contribution < -0.4 is 10.1 Å². The van der Waals surface area contributed by atoms with E-state index in [0.717, 1.165) is 25.3 Å². The Bertz CT molecular complexity index is 346. The van der Waals surface area contributed by atoms with Crippen molar-refractivity contribution >= 4 is 0 Å². The maximum atomic E-state index is 5.74. The Kier molecular flexibility index (Phi) is 6.89. The van der Waals surface area contributed by atoms with E-state index in [1.54, 1.807) is 0 Å². The number of hydrogen-bond acceptors (Lipinski definition) is 3. The average Bonchev–Trinajstić information content (AvgIpc) is 2.42. The number of nitrogens with one attached hydrogen (secondary N) is 1. The van der Waals surface area contributed by atoms with Crippen molar-refractivity contribution in [3.05, 3.63) is 29.8 Å². The summed E-state index contributed by atoms with van der Waals surface area (Å²) in [4.78, 5) is 0. The standard InChI is InChI=1S/C16H27NO2/c1-5-16(3,4)19-12-11-18-15-9-7-14(8-10-15)13-17-6-2/h7-10,17H,5-6,11-13H2,1-4H3. The van der Waals surface area contributed by atoms with Gasteiger partial charge in [-0.25, -0.2) is 0 Å². The Morgan fingerprint density at radius 3 is 2.32 bits per heavy atom. The third-order valence-electron chi connectivity index (χ3n) is 3.20. The summed E-state index contributed by atoms with van der Waals surface area (Å²) in [7, 11) is 0. The highest BCUT2D eigenvalue weighted by atomic mass is 16.5. The van der Waals surface area contributed by atoms with Crippen LogP contribution in [0.5, 0.6) is 5.75 Å². The molecule has 0 spiro atoms. The smallest absolute Gasteiger partial charge is 0.119 e. The molecule has 1 N–H and O–H groups in total. The highest BCUT2D eigenvalue weighted by Crippen LogP contribution is 2.14. The fourth-order valence-corrected chi connectivity index (χ4v) is 1.55. The van der Waals surface area contributed by atoms with E-state index in [2.05, 4.69) is 45.1 Å². The van der Waals surface area contributed by atoms with Crippen LogP contribution in [0.2, 0.25) is 0 Å². The monoisotopic (exact) mass is 265 g/mol. The number of rotatable bonds is 9. The van der Waals surface area contributed by atoms with Crippen molar-refractivity contribution in [3.63, 3.8) is 0 Å². The molecule has 0 aliphatic rings. The highest BCUT2D eigenvalue weighted by molar-refractivity contribution is 5.27. The first-order valence-electron chi connectivity index (χ1n) is 7.14. The van der Waals surface area contributed by atoms with Crippen LogP contribution in [0, 0.1) is 0 Å². The van der Waals surface area contributed by atoms with Gasteiger partial charge < -0.3 is 14.8 Å². The summed E-state index contributed by atoms with van der Waals surface area (Å²) in [5.41, 5.74) is 1.22. The molecule has 0 aliphatic heterocycles. The van der Waals surface area contributed by atoms with Gasteiger partial charge in [0.1, 0.15) is 12.4 Å². The van der Waals surface area contributed by atoms with E-state index >= 15 is 0 Å². The Morgan fingerprint density at radius 2 is 1.74 bits per heavy atom. The molecule has 0 heterocycles. The van der Waals surface area contributed by atoms with Crippen molar-refractivity contribution in [3.8, 4) is 5.75 Å². The maximum absolute atomic E-state index is 5.74. The number of hydrogen-bond donors (Lipinski definition) is 1. The Balaban J connectivity index is 2.26. The largest absolute Gasteiger partial charge is 0.491 e. The minimum absolute atomic E-state index is 0.0565. The molecule has 0 fully saturated rings. The van der Waals surface area contributed by atoms with Gasteiger partial charge in [0.2, 0.25) is 0 Å². The minimum Gasteiger partial charge on any atom is -0.491 e. The molecule has 0 saturated heterocycles. The summed E-state index contributed by atoms with van der Waals surface area (Å²) in [5.74, 6) is 0.901. The van der Waals surface area contributed by atoms with Gasteiger partial charge in [-0.1, -0.05) is 26.0 Å². The maximum Gasteiger partial charge on any atom is 0.119 e. The molecule has 108 valence electrons. The SMILES string of the molecule is CCNCc1ccc(OCCOC(C)(C)CC)cc1. The molecular formula is C16H27NO2. The number of ether oxygens (including phenoxy) is 2. The lowest BCUT2D eigenvalue weighted by atomic mass is 10.1. The number of benzene rings is 1. The molecule has 0 saturated carbocycles. The molecule has 0 bridgehead atoms. The average molecular weight is 265 g/mol. The normalized spacial score (nSPS) is 11.6. The Labute approximate surface area is 117 Å². The van der Waals surface area contributed by atoms with Gasteiger partial charge in [0, 0.05) is 6.54 Å². The van der Waals surface area contributed by atoms with E-state index in [1.807, 2.05) is 12.1 Å². The summed E-state index contributed by atoms with van der Waals surface area (Å²) < 4.78 is 11.4. The molecule has 0 unspecified atom stereocenters. The minimum atomic E-state index is -0.0565. The summed E-state index contributed by atoms with van der Waals surface area (Å²) in [6, 6.07) is 8.21. The van der Waals surface area contributed by atoms with Gasteiger partial charge in [-0.05, 0) is 44.5 Å². The lowest BCUT2D eigenvalue weighted by Crippen LogP contribution is -2.25. The summed E-state index contributed by atoms with van der Waals surface area (Å²) >= 11 is 0. The summed E-state index contributed by atoms with van der Waals surface area (Å²) in [6.07, 6.45) is 1.01. The van der Waals surface area contributed by atoms with Crippen LogP contribution in [0.4, 0.5) is 0 Å². The second-order valence-corrected chi connectivity index (χ2v) is 5.23. The van der Waals surface area contributed by atoms with Gasteiger partial charge >= 0.3 is 0 Å². The molecule has 0 radical (unpaired) electrons. The van der Waals surface area contributed by atoms with E-state index in [0.29, 0.717) is 13.2 Å².